The molecule has 3 nitrogen and oxygen atoms in total. The second-order valence-electron chi connectivity index (χ2n) is 5.31. The van der Waals surface area contributed by atoms with E-state index in [4.69, 9.17) is 4.74 Å². The van der Waals surface area contributed by atoms with Crippen LogP contribution in [0.3, 0.4) is 0 Å². The molecule has 0 saturated heterocycles. The molecule has 0 amide bonds. The van der Waals surface area contributed by atoms with Crippen LogP contribution in [0, 0.1) is 5.92 Å². The van der Waals surface area contributed by atoms with E-state index in [0.29, 0.717) is 6.42 Å². The number of benzene rings is 1. The van der Waals surface area contributed by atoms with E-state index in [1.165, 1.54) is 0 Å². The van der Waals surface area contributed by atoms with E-state index in [1.807, 2.05) is 56.3 Å². The van der Waals surface area contributed by atoms with Gasteiger partial charge < -0.3 is 9.84 Å². The standard InChI is InChI=1S/C17H21NO2/c1-13(2)17(19,12-15-6-4-5-11-18-15)14-7-9-16(20-3)10-8-14/h4-11,13,19H,12H2,1-3H3. The predicted molar refractivity (Wildman–Crippen MR) is 79.7 cm³/mol. The van der Waals surface area contributed by atoms with Crippen molar-refractivity contribution < 1.29 is 9.84 Å². The lowest BCUT2D eigenvalue weighted by molar-refractivity contribution is -0.0109. The van der Waals surface area contributed by atoms with Gasteiger partial charge in [0.05, 0.1) is 12.7 Å². The molecule has 0 spiro atoms. The maximum atomic E-state index is 11.1. The highest BCUT2D eigenvalue weighted by Crippen LogP contribution is 2.33. The molecule has 0 aliphatic rings. The zero-order valence-corrected chi connectivity index (χ0v) is 12.2. The Kier molecular flexibility index (Phi) is 4.40. The molecule has 2 rings (SSSR count). The van der Waals surface area contributed by atoms with Crippen LogP contribution in [0.4, 0.5) is 0 Å². The van der Waals surface area contributed by atoms with Gasteiger partial charge in [-0.1, -0.05) is 32.0 Å². The molecule has 0 radical (unpaired) electrons. The van der Waals surface area contributed by atoms with Gasteiger partial charge in [0.25, 0.3) is 0 Å². The van der Waals surface area contributed by atoms with Crippen LogP contribution in [0.2, 0.25) is 0 Å². The molecular weight excluding hydrogens is 250 g/mol. The van der Waals surface area contributed by atoms with Gasteiger partial charge in [0.15, 0.2) is 0 Å². The fourth-order valence-corrected chi connectivity index (χ4v) is 2.30. The van der Waals surface area contributed by atoms with E-state index in [0.717, 1.165) is 17.0 Å². The molecule has 1 unspecified atom stereocenters. The van der Waals surface area contributed by atoms with E-state index in [1.54, 1.807) is 13.3 Å². The van der Waals surface area contributed by atoms with Crippen LogP contribution in [0.5, 0.6) is 5.75 Å². The normalized spacial score (nSPS) is 14.1. The molecular formula is C17H21NO2. The number of methoxy groups -OCH3 is 1. The number of hydrogen-bond acceptors (Lipinski definition) is 3. The lowest BCUT2D eigenvalue weighted by atomic mass is 9.79. The Morgan fingerprint density at radius 1 is 1.15 bits per heavy atom. The lowest BCUT2D eigenvalue weighted by Gasteiger charge is -2.32. The van der Waals surface area contributed by atoms with Crippen molar-refractivity contribution in [2.24, 2.45) is 5.92 Å². The van der Waals surface area contributed by atoms with Gasteiger partial charge in [0, 0.05) is 18.3 Å². The summed E-state index contributed by atoms with van der Waals surface area (Å²) in [4.78, 5) is 4.32. The lowest BCUT2D eigenvalue weighted by Crippen LogP contribution is -2.34. The van der Waals surface area contributed by atoms with Crippen molar-refractivity contribution >= 4 is 0 Å². The molecule has 1 N–H and O–H groups in total. The van der Waals surface area contributed by atoms with Gasteiger partial charge in [-0.25, -0.2) is 0 Å². The minimum atomic E-state index is -0.930. The average Bonchev–Trinajstić information content (AvgIpc) is 2.48. The van der Waals surface area contributed by atoms with Crippen LogP contribution >= 0.6 is 0 Å². The van der Waals surface area contributed by atoms with Gasteiger partial charge in [-0.15, -0.1) is 0 Å². The van der Waals surface area contributed by atoms with E-state index < -0.39 is 5.60 Å². The highest BCUT2D eigenvalue weighted by atomic mass is 16.5. The van der Waals surface area contributed by atoms with Gasteiger partial charge in [-0.2, -0.15) is 0 Å². The minimum absolute atomic E-state index is 0.0814. The van der Waals surface area contributed by atoms with E-state index in [9.17, 15) is 5.11 Å². The molecule has 0 saturated carbocycles. The van der Waals surface area contributed by atoms with Crippen molar-refractivity contribution in [2.75, 3.05) is 7.11 Å². The third-order valence-electron chi connectivity index (χ3n) is 3.72. The first-order valence-electron chi connectivity index (χ1n) is 6.83. The fraction of sp³-hybridized carbons (Fsp3) is 0.353. The van der Waals surface area contributed by atoms with Crippen LogP contribution in [0.1, 0.15) is 25.1 Å². The summed E-state index contributed by atoms with van der Waals surface area (Å²) < 4.78 is 5.17. The zero-order chi connectivity index (χ0) is 14.6. The van der Waals surface area contributed by atoms with Gasteiger partial charge in [-0.05, 0) is 35.7 Å². The number of ether oxygens (including phenoxy) is 1. The zero-order valence-electron chi connectivity index (χ0n) is 12.2. The largest absolute Gasteiger partial charge is 0.497 e. The minimum Gasteiger partial charge on any atom is -0.497 e. The number of nitrogens with zero attached hydrogens (tertiary/aromatic N) is 1. The molecule has 3 heteroatoms. The van der Waals surface area contributed by atoms with Crippen molar-refractivity contribution in [3.05, 3.63) is 59.9 Å². The highest BCUT2D eigenvalue weighted by molar-refractivity contribution is 5.32. The van der Waals surface area contributed by atoms with Gasteiger partial charge in [-0.3, -0.25) is 4.98 Å². The van der Waals surface area contributed by atoms with Crippen LogP contribution in [-0.4, -0.2) is 17.2 Å². The number of hydrogen-bond donors (Lipinski definition) is 1. The second-order valence-corrected chi connectivity index (χ2v) is 5.31. The maximum absolute atomic E-state index is 11.1. The number of aliphatic hydroxyl groups is 1. The maximum Gasteiger partial charge on any atom is 0.118 e. The molecule has 1 atom stereocenters. The van der Waals surface area contributed by atoms with E-state index in [2.05, 4.69) is 4.98 Å². The molecule has 1 heterocycles. The van der Waals surface area contributed by atoms with Crippen molar-refractivity contribution in [1.29, 1.82) is 0 Å². The Hall–Kier alpha value is -1.87. The first-order valence-corrected chi connectivity index (χ1v) is 6.83. The summed E-state index contributed by atoms with van der Waals surface area (Å²) in [6.07, 6.45) is 2.25. The van der Waals surface area contributed by atoms with Crippen molar-refractivity contribution in [3.8, 4) is 5.75 Å². The molecule has 1 aromatic heterocycles. The van der Waals surface area contributed by atoms with Crippen molar-refractivity contribution in [3.63, 3.8) is 0 Å². The summed E-state index contributed by atoms with van der Waals surface area (Å²) in [6.45, 7) is 4.04. The second kappa shape index (κ2) is 6.06. The summed E-state index contributed by atoms with van der Waals surface area (Å²) in [5.74, 6) is 0.871. The molecule has 0 fully saturated rings. The van der Waals surface area contributed by atoms with Gasteiger partial charge in [0.1, 0.15) is 5.75 Å². The summed E-state index contributed by atoms with van der Waals surface area (Å²) >= 11 is 0. The molecule has 2 aromatic rings. The number of pyridine rings is 1. The van der Waals surface area contributed by atoms with Crippen molar-refractivity contribution in [2.45, 2.75) is 25.9 Å². The molecule has 0 aliphatic heterocycles. The summed E-state index contributed by atoms with van der Waals surface area (Å²) in [7, 11) is 1.64. The fourth-order valence-electron chi connectivity index (χ4n) is 2.30. The average molecular weight is 271 g/mol. The number of aromatic nitrogens is 1. The SMILES string of the molecule is COc1ccc(C(O)(Cc2ccccn2)C(C)C)cc1. The first kappa shape index (κ1) is 14.5. The predicted octanol–water partition coefficient (Wildman–Crippen LogP) is 3.18. The molecule has 0 bridgehead atoms. The Morgan fingerprint density at radius 2 is 1.85 bits per heavy atom. The van der Waals surface area contributed by atoms with E-state index in [-0.39, 0.29) is 5.92 Å². The van der Waals surface area contributed by atoms with Gasteiger partial charge in [0.2, 0.25) is 0 Å². The third kappa shape index (κ3) is 2.99. The van der Waals surface area contributed by atoms with Crippen LogP contribution < -0.4 is 4.74 Å². The Labute approximate surface area is 120 Å². The Balaban J connectivity index is 2.33. The molecule has 106 valence electrons. The van der Waals surface area contributed by atoms with Crippen LogP contribution in [-0.2, 0) is 12.0 Å². The quantitative estimate of drug-likeness (QED) is 0.908. The Morgan fingerprint density at radius 3 is 2.35 bits per heavy atom. The summed E-state index contributed by atoms with van der Waals surface area (Å²) in [6, 6.07) is 13.4. The smallest absolute Gasteiger partial charge is 0.118 e. The van der Waals surface area contributed by atoms with Gasteiger partial charge >= 0.3 is 0 Å². The first-order chi connectivity index (χ1) is 9.56. The van der Waals surface area contributed by atoms with Crippen LogP contribution in [0.25, 0.3) is 0 Å². The molecule has 20 heavy (non-hydrogen) atoms. The highest BCUT2D eigenvalue weighted by Gasteiger charge is 2.33. The monoisotopic (exact) mass is 271 g/mol. The topological polar surface area (TPSA) is 42.4 Å². The molecule has 0 aliphatic carbocycles. The van der Waals surface area contributed by atoms with E-state index >= 15 is 0 Å². The summed E-state index contributed by atoms with van der Waals surface area (Å²) in [5, 5.41) is 11.1. The van der Waals surface area contributed by atoms with Crippen LogP contribution in [0.15, 0.2) is 48.7 Å². The Bertz CT molecular complexity index is 537. The summed E-state index contributed by atoms with van der Waals surface area (Å²) in [5.41, 5.74) is 0.846. The molecule has 1 aromatic carbocycles. The van der Waals surface area contributed by atoms with Crippen molar-refractivity contribution in [1.82, 2.24) is 4.98 Å². The number of rotatable bonds is 5. The third-order valence-corrected chi connectivity index (χ3v) is 3.72.